The summed E-state index contributed by atoms with van der Waals surface area (Å²) in [6, 6.07) is 16.1. The molecule has 1 aromatic heterocycles. The molecule has 4 nitrogen and oxygen atoms in total. The standard InChI is InChI=1S/C25H26ClN3O/c1-25-13-7-6-10-20(25)23(25)24(30)28-27-14-18-16-29(22-12-5-3-9-19(18)22)15-17-8-2-4-11-21(17)26/h2-5,8-9,11-12,14,16,20,23H,6-7,10,13,15H2,1H3,(H,28,30)/b27-14-/t20-,23-,25+/m1/s1. The van der Waals surface area contributed by atoms with Gasteiger partial charge in [0.05, 0.1) is 6.21 Å². The summed E-state index contributed by atoms with van der Waals surface area (Å²) >= 11 is 6.36. The summed E-state index contributed by atoms with van der Waals surface area (Å²) < 4.78 is 2.18. The number of nitrogens with one attached hydrogen (secondary N) is 1. The number of para-hydroxylation sites is 1. The third-order valence-electron chi connectivity index (χ3n) is 7.11. The van der Waals surface area contributed by atoms with Crippen molar-refractivity contribution in [3.05, 3.63) is 70.9 Å². The van der Waals surface area contributed by atoms with Gasteiger partial charge in [0.25, 0.3) is 0 Å². The maximum Gasteiger partial charge on any atom is 0.244 e. The second-order valence-corrected chi connectivity index (χ2v) is 9.30. The fourth-order valence-corrected chi connectivity index (χ4v) is 5.60. The zero-order valence-electron chi connectivity index (χ0n) is 17.1. The van der Waals surface area contributed by atoms with Crippen molar-refractivity contribution in [1.82, 2.24) is 9.99 Å². The second kappa shape index (κ2) is 7.59. The number of halogens is 1. The molecule has 2 aliphatic carbocycles. The number of hydrogen-bond donors (Lipinski definition) is 1. The molecule has 1 amide bonds. The maximum atomic E-state index is 12.7. The highest BCUT2D eigenvalue weighted by Gasteiger charge is 2.64. The molecular weight excluding hydrogens is 394 g/mol. The van der Waals surface area contributed by atoms with Crippen molar-refractivity contribution in [3.8, 4) is 0 Å². The lowest BCUT2D eigenvalue weighted by molar-refractivity contribution is -0.123. The predicted octanol–water partition coefficient (Wildman–Crippen LogP) is 5.62. The van der Waals surface area contributed by atoms with E-state index in [4.69, 9.17) is 11.6 Å². The molecule has 5 rings (SSSR count). The quantitative estimate of drug-likeness (QED) is 0.423. The molecule has 2 aromatic carbocycles. The van der Waals surface area contributed by atoms with E-state index in [0.717, 1.165) is 33.5 Å². The fraction of sp³-hybridized carbons (Fsp3) is 0.360. The molecule has 1 heterocycles. The average molecular weight is 420 g/mol. The normalized spacial score (nSPS) is 25.4. The topological polar surface area (TPSA) is 46.4 Å². The van der Waals surface area contributed by atoms with Gasteiger partial charge in [0.2, 0.25) is 5.91 Å². The molecule has 0 spiro atoms. The van der Waals surface area contributed by atoms with Gasteiger partial charge in [-0.1, -0.05) is 67.8 Å². The Bertz CT molecular complexity index is 1130. The number of carbonyl (C=O) groups excluding carboxylic acids is 1. The molecule has 154 valence electrons. The number of amides is 1. The van der Waals surface area contributed by atoms with E-state index in [1.807, 2.05) is 36.4 Å². The van der Waals surface area contributed by atoms with Crippen molar-refractivity contribution in [2.45, 2.75) is 39.2 Å². The van der Waals surface area contributed by atoms with Crippen molar-refractivity contribution >= 4 is 34.6 Å². The SMILES string of the molecule is C[C@]12CCCC[C@@H]1[C@@H]2C(=O)N/N=C\c1cn(Cc2ccccc2Cl)c2ccccc12. The van der Waals surface area contributed by atoms with Crippen LogP contribution in [0.15, 0.2) is 59.8 Å². The highest BCUT2D eigenvalue weighted by atomic mass is 35.5. The first-order valence-corrected chi connectivity index (χ1v) is 11.1. The van der Waals surface area contributed by atoms with E-state index in [-0.39, 0.29) is 17.2 Å². The van der Waals surface area contributed by atoms with Crippen LogP contribution in [0.2, 0.25) is 5.02 Å². The Hall–Kier alpha value is -2.59. The summed E-state index contributed by atoms with van der Waals surface area (Å²) in [6.07, 6.45) is 8.66. The van der Waals surface area contributed by atoms with Gasteiger partial charge in [-0.2, -0.15) is 5.10 Å². The van der Waals surface area contributed by atoms with Gasteiger partial charge < -0.3 is 4.57 Å². The van der Waals surface area contributed by atoms with Gasteiger partial charge in [-0.3, -0.25) is 4.79 Å². The number of aromatic nitrogens is 1. The molecule has 3 aromatic rings. The van der Waals surface area contributed by atoms with Crippen molar-refractivity contribution in [2.24, 2.45) is 22.4 Å². The van der Waals surface area contributed by atoms with Gasteiger partial charge in [-0.05, 0) is 41.9 Å². The summed E-state index contributed by atoms with van der Waals surface area (Å²) in [6.45, 7) is 2.94. The number of hydrazone groups is 1. The fourth-order valence-electron chi connectivity index (χ4n) is 5.40. The molecular formula is C25H26ClN3O. The monoisotopic (exact) mass is 419 g/mol. The van der Waals surface area contributed by atoms with Crippen LogP contribution >= 0.6 is 11.6 Å². The third kappa shape index (κ3) is 3.33. The third-order valence-corrected chi connectivity index (χ3v) is 7.48. The molecule has 0 radical (unpaired) electrons. The Labute approximate surface area is 181 Å². The lowest BCUT2D eigenvalue weighted by Crippen LogP contribution is -2.22. The van der Waals surface area contributed by atoms with E-state index in [2.05, 4.69) is 40.3 Å². The number of benzene rings is 2. The largest absolute Gasteiger partial charge is 0.342 e. The molecule has 0 unspecified atom stereocenters. The Kier molecular flexibility index (Phi) is 4.90. The highest BCUT2D eigenvalue weighted by Crippen LogP contribution is 2.66. The molecule has 2 fully saturated rings. The highest BCUT2D eigenvalue weighted by molar-refractivity contribution is 6.31. The smallest absolute Gasteiger partial charge is 0.244 e. The number of fused-ring (bicyclic) bond motifs is 2. The van der Waals surface area contributed by atoms with Gasteiger partial charge in [0.1, 0.15) is 0 Å². The number of rotatable bonds is 5. The molecule has 0 aliphatic heterocycles. The Morgan fingerprint density at radius 1 is 1.23 bits per heavy atom. The van der Waals surface area contributed by atoms with Gasteiger partial charge in [-0.25, -0.2) is 5.43 Å². The maximum absolute atomic E-state index is 12.7. The van der Waals surface area contributed by atoms with Gasteiger partial charge in [0.15, 0.2) is 0 Å². The number of hydrogen-bond acceptors (Lipinski definition) is 2. The van der Waals surface area contributed by atoms with Crippen LogP contribution in [-0.2, 0) is 11.3 Å². The summed E-state index contributed by atoms with van der Waals surface area (Å²) in [7, 11) is 0. The lowest BCUT2D eigenvalue weighted by Gasteiger charge is -2.15. The first-order chi connectivity index (χ1) is 14.6. The van der Waals surface area contributed by atoms with E-state index >= 15 is 0 Å². The summed E-state index contributed by atoms with van der Waals surface area (Å²) in [5.41, 5.74) is 6.18. The van der Waals surface area contributed by atoms with Crippen LogP contribution in [-0.4, -0.2) is 16.7 Å². The molecule has 0 saturated heterocycles. The summed E-state index contributed by atoms with van der Waals surface area (Å²) in [5, 5.41) is 6.18. The lowest BCUT2D eigenvalue weighted by atomic mass is 9.90. The second-order valence-electron chi connectivity index (χ2n) is 8.89. The predicted molar refractivity (Wildman–Crippen MR) is 122 cm³/mol. The van der Waals surface area contributed by atoms with E-state index in [0.29, 0.717) is 12.5 Å². The van der Waals surface area contributed by atoms with Crippen LogP contribution in [0.4, 0.5) is 0 Å². The van der Waals surface area contributed by atoms with Crippen LogP contribution < -0.4 is 5.43 Å². The van der Waals surface area contributed by atoms with Crippen LogP contribution in [0.5, 0.6) is 0 Å². The van der Waals surface area contributed by atoms with Gasteiger partial charge >= 0.3 is 0 Å². The van der Waals surface area contributed by atoms with Crippen molar-refractivity contribution in [2.75, 3.05) is 0 Å². The Balaban J connectivity index is 1.35. The van der Waals surface area contributed by atoms with Gasteiger partial charge in [-0.15, -0.1) is 0 Å². The van der Waals surface area contributed by atoms with Crippen LogP contribution in [0.1, 0.15) is 43.7 Å². The van der Waals surface area contributed by atoms with Crippen LogP contribution in [0.3, 0.4) is 0 Å². The Morgan fingerprint density at radius 3 is 2.83 bits per heavy atom. The molecule has 0 bridgehead atoms. The first kappa shape index (κ1) is 19.4. The van der Waals surface area contributed by atoms with E-state index in [1.54, 1.807) is 6.21 Å². The summed E-state index contributed by atoms with van der Waals surface area (Å²) in [4.78, 5) is 12.7. The minimum Gasteiger partial charge on any atom is -0.342 e. The van der Waals surface area contributed by atoms with Crippen LogP contribution in [0.25, 0.3) is 10.9 Å². The average Bonchev–Trinajstić information content (AvgIpc) is 3.25. The zero-order valence-corrected chi connectivity index (χ0v) is 17.9. The van der Waals surface area contributed by atoms with Crippen LogP contribution in [0, 0.1) is 17.3 Å². The number of nitrogens with zero attached hydrogens (tertiary/aromatic N) is 2. The van der Waals surface area contributed by atoms with E-state index in [9.17, 15) is 4.79 Å². The molecule has 2 aliphatic rings. The Morgan fingerprint density at radius 2 is 2.03 bits per heavy atom. The number of carbonyl (C=O) groups is 1. The molecule has 5 heteroatoms. The minimum atomic E-state index is 0.0699. The van der Waals surface area contributed by atoms with E-state index in [1.165, 1.54) is 19.3 Å². The van der Waals surface area contributed by atoms with Crippen molar-refractivity contribution in [1.29, 1.82) is 0 Å². The van der Waals surface area contributed by atoms with Crippen molar-refractivity contribution in [3.63, 3.8) is 0 Å². The van der Waals surface area contributed by atoms with Gasteiger partial charge in [0, 0.05) is 40.1 Å². The molecule has 3 atom stereocenters. The van der Waals surface area contributed by atoms with E-state index < -0.39 is 0 Å². The minimum absolute atomic E-state index is 0.0699. The molecule has 1 N–H and O–H groups in total. The zero-order chi connectivity index (χ0) is 20.7. The summed E-state index contributed by atoms with van der Waals surface area (Å²) in [5.74, 6) is 0.734. The molecule has 2 saturated carbocycles. The molecule has 30 heavy (non-hydrogen) atoms. The van der Waals surface area contributed by atoms with Crippen molar-refractivity contribution < 1.29 is 4.79 Å². The first-order valence-electron chi connectivity index (χ1n) is 10.7.